The molecule has 94 valence electrons. The van der Waals surface area contributed by atoms with E-state index >= 15 is 0 Å². The maximum absolute atomic E-state index is 11.4. The summed E-state index contributed by atoms with van der Waals surface area (Å²) in [4.78, 5) is 11.4. The fraction of sp³-hybridized carbons (Fsp3) is 0.571. The first-order valence-electron chi connectivity index (χ1n) is 6.28. The lowest BCUT2D eigenvalue weighted by atomic mass is 10.1. The molecule has 0 spiro atoms. The molecule has 0 saturated heterocycles. The SMILES string of the molecule is O=C(CCCCCCCCS)OC1=C=CC=C1. The fourth-order valence-electron chi connectivity index (χ4n) is 1.64. The molecule has 1 rings (SSSR count). The van der Waals surface area contributed by atoms with Crippen LogP contribution in [-0.2, 0) is 9.53 Å². The molecule has 0 amide bonds. The average molecular weight is 252 g/mol. The molecule has 1 aliphatic carbocycles. The van der Waals surface area contributed by atoms with Crippen molar-refractivity contribution in [2.75, 3.05) is 5.75 Å². The van der Waals surface area contributed by atoms with Crippen molar-refractivity contribution in [2.24, 2.45) is 0 Å². The van der Waals surface area contributed by atoms with Crippen molar-refractivity contribution in [3.63, 3.8) is 0 Å². The van der Waals surface area contributed by atoms with Crippen LogP contribution in [0.2, 0.25) is 0 Å². The zero-order valence-corrected chi connectivity index (χ0v) is 11.0. The second-order valence-electron chi connectivity index (χ2n) is 4.10. The van der Waals surface area contributed by atoms with Crippen molar-refractivity contribution in [1.82, 2.24) is 0 Å². The van der Waals surface area contributed by atoms with E-state index in [-0.39, 0.29) is 5.97 Å². The fourth-order valence-corrected chi connectivity index (χ4v) is 1.86. The van der Waals surface area contributed by atoms with E-state index in [0.717, 1.165) is 18.6 Å². The zero-order chi connectivity index (χ0) is 12.3. The van der Waals surface area contributed by atoms with Crippen LogP contribution in [0.3, 0.4) is 0 Å². The normalized spacial score (nSPS) is 12.9. The Morgan fingerprint density at radius 2 is 1.88 bits per heavy atom. The predicted octanol–water partition coefficient (Wildman–Crippen LogP) is 3.80. The van der Waals surface area contributed by atoms with E-state index in [4.69, 9.17) is 4.74 Å². The van der Waals surface area contributed by atoms with Gasteiger partial charge < -0.3 is 4.74 Å². The molecule has 1 aliphatic rings. The first kappa shape index (κ1) is 14.1. The van der Waals surface area contributed by atoms with Gasteiger partial charge in [-0.05, 0) is 30.7 Å². The third kappa shape index (κ3) is 7.09. The second-order valence-corrected chi connectivity index (χ2v) is 4.55. The Bertz CT molecular complexity index is 325. The number of carbonyl (C=O) groups excluding carboxylic acids is 1. The van der Waals surface area contributed by atoms with Crippen molar-refractivity contribution in [1.29, 1.82) is 0 Å². The lowest BCUT2D eigenvalue weighted by Gasteiger charge is -2.02. The van der Waals surface area contributed by atoms with Gasteiger partial charge in [0.1, 0.15) is 0 Å². The molecule has 0 bridgehead atoms. The van der Waals surface area contributed by atoms with Gasteiger partial charge in [-0.3, -0.25) is 4.79 Å². The highest BCUT2D eigenvalue weighted by molar-refractivity contribution is 7.80. The summed E-state index contributed by atoms with van der Waals surface area (Å²) in [5.74, 6) is 1.36. The third-order valence-corrected chi connectivity index (χ3v) is 2.90. The van der Waals surface area contributed by atoms with Crippen LogP contribution in [0.5, 0.6) is 0 Å². The number of rotatable bonds is 9. The number of unbranched alkanes of at least 4 members (excludes halogenated alkanes) is 5. The number of allylic oxidation sites excluding steroid dienone is 2. The van der Waals surface area contributed by atoms with Crippen LogP contribution in [0.4, 0.5) is 0 Å². The van der Waals surface area contributed by atoms with Gasteiger partial charge in [0.15, 0.2) is 5.76 Å². The van der Waals surface area contributed by atoms with Gasteiger partial charge in [0.25, 0.3) is 0 Å². The van der Waals surface area contributed by atoms with Gasteiger partial charge in [-0.2, -0.15) is 12.6 Å². The zero-order valence-electron chi connectivity index (χ0n) is 10.2. The summed E-state index contributed by atoms with van der Waals surface area (Å²) < 4.78 is 5.09. The topological polar surface area (TPSA) is 26.3 Å². The molecule has 0 aromatic heterocycles. The van der Waals surface area contributed by atoms with Crippen molar-refractivity contribution in [3.05, 3.63) is 29.7 Å². The van der Waals surface area contributed by atoms with Crippen LogP contribution in [0.1, 0.15) is 44.9 Å². The Hall–Kier alpha value is -0.920. The minimum Gasteiger partial charge on any atom is -0.418 e. The molecule has 2 nitrogen and oxygen atoms in total. The van der Waals surface area contributed by atoms with Crippen LogP contribution in [0.15, 0.2) is 29.7 Å². The maximum Gasteiger partial charge on any atom is 0.311 e. The van der Waals surface area contributed by atoms with Gasteiger partial charge in [0, 0.05) is 6.42 Å². The van der Waals surface area contributed by atoms with Crippen molar-refractivity contribution in [3.8, 4) is 0 Å². The summed E-state index contributed by atoms with van der Waals surface area (Å²) in [5.41, 5.74) is 2.84. The van der Waals surface area contributed by atoms with E-state index in [1.165, 1.54) is 25.7 Å². The average Bonchev–Trinajstić information content (AvgIpc) is 2.80. The number of thiol groups is 1. The predicted molar refractivity (Wildman–Crippen MR) is 73.0 cm³/mol. The minimum absolute atomic E-state index is 0.150. The van der Waals surface area contributed by atoms with Gasteiger partial charge in [0.05, 0.1) is 0 Å². The Morgan fingerprint density at radius 1 is 1.18 bits per heavy atom. The molecule has 0 atom stereocenters. The van der Waals surface area contributed by atoms with E-state index in [9.17, 15) is 4.79 Å². The van der Waals surface area contributed by atoms with Gasteiger partial charge >= 0.3 is 5.97 Å². The van der Waals surface area contributed by atoms with Crippen LogP contribution < -0.4 is 0 Å². The summed E-state index contributed by atoms with van der Waals surface area (Å²) in [6.45, 7) is 0. The smallest absolute Gasteiger partial charge is 0.311 e. The number of ether oxygens (including phenoxy) is 1. The summed E-state index contributed by atoms with van der Waals surface area (Å²) in [6.07, 6.45) is 12.7. The Morgan fingerprint density at radius 3 is 2.53 bits per heavy atom. The molecule has 0 fully saturated rings. The first-order valence-corrected chi connectivity index (χ1v) is 6.91. The number of esters is 1. The minimum atomic E-state index is -0.150. The lowest BCUT2D eigenvalue weighted by molar-refractivity contribution is -0.139. The monoisotopic (exact) mass is 252 g/mol. The van der Waals surface area contributed by atoms with E-state index < -0.39 is 0 Å². The van der Waals surface area contributed by atoms with Gasteiger partial charge in [-0.25, -0.2) is 0 Å². The van der Waals surface area contributed by atoms with Gasteiger partial charge in [-0.15, -0.1) is 0 Å². The Kier molecular flexibility index (Phi) is 7.61. The largest absolute Gasteiger partial charge is 0.418 e. The molecule has 0 unspecified atom stereocenters. The standard InChI is InChI=1S/C14H20O2S/c15-14(16-13-9-6-7-10-13)11-5-3-1-2-4-8-12-17/h6-7,9,17H,1-5,8,11-12H2. The molecular formula is C14H20O2S. The quantitative estimate of drug-likeness (QED) is 0.292. The highest BCUT2D eigenvalue weighted by atomic mass is 32.1. The highest BCUT2D eigenvalue weighted by Crippen LogP contribution is 2.10. The summed E-state index contributed by atoms with van der Waals surface area (Å²) in [6, 6.07) is 0. The number of hydrogen-bond acceptors (Lipinski definition) is 3. The molecular weight excluding hydrogens is 232 g/mol. The van der Waals surface area contributed by atoms with Crippen molar-refractivity contribution < 1.29 is 9.53 Å². The molecule has 0 heterocycles. The second kappa shape index (κ2) is 9.15. The molecule has 0 N–H and O–H groups in total. The van der Waals surface area contributed by atoms with Gasteiger partial charge in [0.2, 0.25) is 0 Å². The van der Waals surface area contributed by atoms with Crippen LogP contribution in [-0.4, -0.2) is 11.7 Å². The maximum atomic E-state index is 11.4. The summed E-state index contributed by atoms with van der Waals surface area (Å²) in [7, 11) is 0. The van der Waals surface area contributed by atoms with Crippen LogP contribution in [0, 0.1) is 0 Å². The summed E-state index contributed by atoms with van der Waals surface area (Å²) in [5, 5.41) is 0. The molecule has 17 heavy (non-hydrogen) atoms. The molecule has 0 saturated carbocycles. The molecule has 3 heteroatoms. The summed E-state index contributed by atoms with van der Waals surface area (Å²) >= 11 is 4.17. The molecule has 0 aromatic rings. The lowest BCUT2D eigenvalue weighted by Crippen LogP contribution is -2.02. The first-order chi connectivity index (χ1) is 8.33. The van der Waals surface area contributed by atoms with E-state index in [1.54, 1.807) is 12.2 Å². The molecule has 0 aliphatic heterocycles. The third-order valence-electron chi connectivity index (χ3n) is 2.58. The van der Waals surface area contributed by atoms with Crippen molar-refractivity contribution in [2.45, 2.75) is 44.9 Å². The highest BCUT2D eigenvalue weighted by Gasteiger charge is 2.05. The number of carbonyl (C=O) groups is 1. The van der Waals surface area contributed by atoms with Gasteiger partial charge in [-0.1, -0.05) is 37.5 Å². The number of hydrogen-bond donors (Lipinski definition) is 1. The Balaban J connectivity index is 1.94. The molecule has 0 radical (unpaired) electrons. The Labute approximate surface area is 109 Å². The van der Waals surface area contributed by atoms with Crippen molar-refractivity contribution >= 4 is 18.6 Å². The van der Waals surface area contributed by atoms with E-state index in [0.29, 0.717) is 12.2 Å². The van der Waals surface area contributed by atoms with Crippen LogP contribution in [0.25, 0.3) is 0 Å². The van der Waals surface area contributed by atoms with E-state index in [1.807, 2.05) is 6.08 Å². The van der Waals surface area contributed by atoms with E-state index in [2.05, 4.69) is 18.4 Å². The van der Waals surface area contributed by atoms with Crippen LogP contribution >= 0.6 is 12.6 Å². The molecule has 0 aromatic carbocycles.